The lowest BCUT2D eigenvalue weighted by Gasteiger charge is -2.22. The van der Waals surface area contributed by atoms with Crippen LogP contribution < -0.4 is 10.6 Å². The fourth-order valence-corrected chi connectivity index (χ4v) is 3.62. The number of benzene rings is 2. The van der Waals surface area contributed by atoms with E-state index in [-0.39, 0.29) is 23.9 Å². The average Bonchev–Trinajstić information content (AvgIpc) is 3.22. The van der Waals surface area contributed by atoms with Crippen LogP contribution >= 0.6 is 11.6 Å². The molecular weight excluding hydrogens is 450 g/mol. The summed E-state index contributed by atoms with van der Waals surface area (Å²) in [5.41, 5.74) is 2.25. The van der Waals surface area contributed by atoms with E-state index in [4.69, 9.17) is 16.7 Å². The Bertz CT molecular complexity index is 1120. The standard InChI is InChI=1S/C26H32ClN5O2/c1-5-15-31(25(34)28-17-19-11-7-6-8-12-19)18-24(33)29-23-16-22(26(2,3)4)30-32(23)21-14-10-9-13-20(21)27/h6-14,16H,5,15,17-18H2,1-4H3,(H,28,34)(H,29,33). The summed E-state index contributed by atoms with van der Waals surface area (Å²) in [5.74, 6) is 0.196. The molecule has 0 spiro atoms. The summed E-state index contributed by atoms with van der Waals surface area (Å²) in [5, 5.41) is 11.0. The van der Waals surface area contributed by atoms with Crippen molar-refractivity contribution in [2.45, 2.75) is 46.1 Å². The molecule has 2 aromatic carbocycles. The molecule has 180 valence electrons. The van der Waals surface area contributed by atoms with Crippen molar-refractivity contribution in [3.05, 3.63) is 76.9 Å². The molecule has 7 nitrogen and oxygen atoms in total. The molecule has 34 heavy (non-hydrogen) atoms. The maximum Gasteiger partial charge on any atom is 0.318 e. The molecule has 0 aliphatic rings. The second-order valence-corrected chi connectivity index (χ2v) is 9.55. The van der Waals surface area contributed by atoms with Crippen LogP contribution in [0.3, 0.4) is 0 Å². The van der Waals surface area contributed by atoms with Crippen molar-refractivity contribution in [2.24, 2.45) is 0 Å². The van der Waals surface area contributed by atoms with E-state index in [2.05, 4.69) is 31.4 Å². The number of para-hydroxylation sites is 1. The van der Waals surface area contributed by atoms with Gasteiger partial charge < -0.3 is 15.5 Å². The average molecular weight is 482 g/mol. The van der Waals surface area contributed by atoms with Crippen LogP contribution in [0.1, 0.15) is 45.4 Å². The van der Waals surface area contributed by atoms with Gasteiger partial charge >= 0.3 is 6.03 Å². The van der Waals surface area contributed by atoms with Crippen molar-refractivity contribution < 1.29 is 9.59 Å². The van der Waals surface area contributed by atoms with E-state index < -0.39 is 0 Å². The third-order valence-electron chi connectivity index (χ3n) is 5.23. The van der Waals surface area contributed by atoms with Crippen molar-refractivity contribution in [2.75, 3.05) is 18.4 Å². The van der Waals surface area contributed by atoms with E-state index in [0.29, 0.717) is 29.6 Å². The highest BCUT2D eigenvalue weighted by molar-refractivity contribution is 6.32. The number of anilines is 1. The number of urea groups is 1. The molecule has 0 bridgehead atoms. The zero-order chi connectivity index (χ0) is 24.7. The molecule has 2 N–H and O–H groups in total. The Hall–Kier alpha value is -3.32. The van der Waals surface area contributed by atoms with Crippen LogP contribution in [0.2, 0.25) is 5.02 Å². The Morgan fingerprint density at radius 1 is 1.06 bits per heavy atom. The van der Waals surface area contributed by atoms with E-state index in [1.165, 1.54) is 4.90 Å². The van der Waals surface area contributed by atoms with Gasteiger partial charge in [0.05, 0.1) is 16.4 Å². The van der Waals surface area contributed by atoms with Gasteiger partial charge in [0, 0.05) is 24.6 Å². The van der Waals surface area contributed by atoms with Crippen LogP contribution in [0.15, 0.2) is 60.7 Å². The Morgan fingerprint density at radius 3 is 2.38 bits per heavy atom. The van der Waals surface area contributed by atoms with Crippen LogP contribution in [-0.2, 0) is 16.8 Å². The molecule has 0 saturated heterocycles. The number of hydrogen-bond acceptors (Lipinski definition) is 3. The van der Waals surface area contributed by atoms with Crippen molar-refractivity contribution in [3.8, 4) is 5.69 Å². The maximum absolute atomic E-state index is 13.0. The smallest absolute Gasteiger partial charge is 0.318 e. The predicted octanol–water partition coefficient (Wildman–Crippen LogP) is 5.38. The van der Waals surface area contributed by atoms with Gasteiger partial charge in [-0.1, -0.05) is 81.8 Å². The number of rotatable bonds is 8. The predicted molar refractivity (Wildman–Crippen MR) is 136 cm³/mol. The number of nitrogens with zero attached hydrogens (tertiary/aromatic N) is 3. The lowest BCUT2D eigenvalue weighted by atomic mass is 9.92. The summed E-state index contributed by atoms with van der Waals surface area (Å²) in [6.07, 6.45) is 0.734. The van der Waals surface area contributed by atoms with Crippen LogP contribution in [-0.4, -0.2) is 39.7 Å². The number of amides is 3. The minimum Gasteiger partial charge on any atom is -0.334 e. The normalized spacial score (nSPS) is 11.2. The van der Waals surface area contributed by atoms with Gasteiger partial charge in [0.2, 0.25) is 5.91 Å². The SMILES string of the molecule is CCCN(CC(=O)Nc1cc(C(C)(C)C)nn1-c1ccccc1Cl)C(=O)NCc1ccccc1. The number of nitrogens with one attached hydrogen (secondary N) is 2. The molecule has 0 atom stereocenters. The first-order valence-corrected chi connectivity index (χ1v) is 11.8. The lowest BCUT2D eigenvalue weighted by Crippen LogP contribution is -2.44. The third-order valence-corrected chi connectivity index (χ3v) is 5.55. The summed E-state index contributed by atoms with van der Waals surface area (Å²) in [7, 11) is 0. The van der Waals surface area contributed by atoms with Crippen LogP contribution in [0.25, 0.3) is 5.69 Å². The quantitative estimate of drug-likeness (QED) is 0.453. The topological polar surface area (TPSA) is 79.3 Å². The van der Waals surface area contributed by atoms with Gasteiger partial charge in [0.25, 0.3) is 0 Å². The van der Waals surface area contributed by atoms with Crippen molar-refractivity contribution in [3.63, 3.8) is 0 Å². The highest BCUT2D eigenvalue weighted by Gasteiger charge is 2.23. The number of carbonyl (C=O) groups is 2. The van der Waals surface area contributed by atoms with E-state index in [9.17, 15) is 9.59 Å². The number of halogens is 1. The molecule has 0 fully saturated rings. The maximum atomic E-state index is 13.0. The Kier molecular flexibility index (Phi) is 8.34. The van der Waals surface area contributed by atoms with Crippen LogP contribution in [0.5, 0.6) is 0 Å². The molecule has 0 aliphatic carbocycles. The summed E-state index contributed by atoms with van der Waals surface area (Å²) in [4.78, 5) is 27.3. The molecule has 3 amide bonds. The molecular formula is C26H32ClN5O2. The molecule has 3 rings (SSSR count). The fourth-order valence-electron chi connectivity index (χ4n) is 3.41. The van der Waals surface area contributed by atoms with Crippen molar-refractivity contribution in [1.82, 2.24) is 20.0 Å². The third kappa shape index (κ3) is 6.60. The van der Waals surface area contributed by atoms with E-state index in [1.54, 1.807) is 10.7 Å². The Balaban J connectivity index is 1.76. The molecule has 8 heteroatoms. The monoisotopic (exact) mass is 481 g/mol. The Morgan fingerprint density at radius 2 is 1.74 bits per heavy atom. The van der Waals surface area contributed by atoms with E-state index >= 15 is 0 Å². The number of carbonyl (C=O) groups excluding carboxylic acids is 2. The molecule has 1 heterocycles. The molecule has 0 saturated carbocycles. The summed E-state index contributed by atoms with van der Waals surface area (Å²) in [6.45, 7) is 8.92. The second kappa shape index (κ2) is 11.2. The van der Waals surface area contributed by atoms with Crippen LogP contribution in [0.4, 0.5) is 10.6 Å². The minimum absolute atomic E-state index is 0.0764. The number of hydrogen-bond donors (Lipinski definition) is 2. The van der Waals surface area contributed by atoms with Gasteiger partial charge in [-0.15, -0.1) is 0 Å². The number of aromatic nitrogens is 2. The first-order chi connectivity index (χ1) is 16.2. The first kappa shape index (κ1) is 25.3. The van der Waals surface area contributed by atoms with Crippen molar-refractivity contribution in [1.29, 1.82) is 0 Å². The fraction of sp³-hybridized carbons (Fsp3) is 0.346. The summed E-state index contributed by atoms with van der Waals surface area (Å²) < 4.78 is 1.64. The highest BCUT2D eigenvalue weighted by Crippen LogP contribution is 2.29. The van der Waals surface area contributed by atoms with Gasteiger partial charge in [0.1, 0.15) is 12.4 Å². The largest absolute Gasteiger partial charge is 0.334 e. The van der Waals surface area contributed by atoms with Gasteiger partial charge in [-0.25, -0.2) is 9.48 Å². The van der Waals surface area contributed by atoms with Gasteiger partial charge in [-0.3, -0.25) is 4.79 Å². The summed E-state index contributed by atoms with van der Waals surface area (Å²) >= 11 is 6.41. The molecule has 1 aromatic heterocycles. The van der Waals surface area contributed by atoms with E-state index in [1.807, 2.05) is 61.5 Å². The molecule has 3 aromatic rings. The zero-order valence-electron chi connectivity index (χ0n) is 20.1. The highest BCUT2D eigenvalue weighted by atomic mass is 35.5. The molecule has 0 unspecified atom stereocenters. The second-order valence-electron chi connectivity index (χ2n) is 9.14. The van der Waals surface area contributed by atoms with Gasteiger partial charge in [-0.05, 0) is 24.1 Å². The molecule has 0 aliphatic heterocycles. The lowest BCUT2D eigenvalue weighted by molar-refractivity contribution is -0.116. The van der Waals surface area contributed by atoms with Gasteiger partial charge in [-0.2, -0.15) is 5.10 Å². The first-order valence-electron chi connectivity index (χ1n) is 11.4. The van der Waals surface area contributed by atoms with E-state index in [0.717, 1.165) is 17.7 Å². The Labute approximate surface area is 206 Å². The molecule has 0 radical (unpaired) electrons. The van der Waals surface area contributed by atoms with Crippen molar-refractivity contribution >= 4 is 29.4 Å². The minimum atomic E-state index is -0.308. The zero-order valence-corrected chi connectivity index (χ0v) is 20.9. The van der Waals surface area contributed by atoms with Gasteiger partial charge in [0.15, 0.2) is 0 Å². The van der Waals surface area contributed by atoms with Crippen LogP contribution in [0, 0.1) is 0 Å². The summed E-state index contributed by atoms with van der Waals surface area (Å²) in [6, 6.07) is 18.6.